The maximum Gasteiger partial charge on any atom is 0.525 e. The van der Waals surface area contributed by atoms with Crippen molar-refractivity contribution < 1.29 is 18.9 Å². The van der Waals surface area contributed by atoms with Crippen LogP contribution >= 0.6 is 7.82 Å². The number of rotatable bonds is 2. The first-order valence-electron chi connectivity index (χ1n) is 2.95. The third-order valence-electron chi connectivity index (χ3n) is 1.00. The van der Waals surface area contributed by atoms with Gasteiger partial charge in [0.1, 0.15) is 0 Å². The summed E-state index contributed by atoms with van der Waals surface area (Å²) in [6.07, 6.45) is 0.764. The second kappa shape index (κ2) is 3.17. The molecule has 0 aliphatic rings. The predicted molar refractivity (Wildman–Crippen MR) is 40.4 cm³/mol. The van der Waals surface area contributed by atoms with Gasteiger partial charge in [0.25, 0.3) is 5.56 Å². The molecule has 0 spiro atoms. The van der Waals surface area contributed by atoms with Crippen LogP contribution in [-0.4, -0.2) is 19.8 Å². The average Bonchev–Trinajstić information content (AvgIpc) is 1.93. The van der Waals surface area contributed by atoms with E-state index >= 15 is 0 Å². The Bertz CT molecular complexity index is 454. The van der Waals surface area contributed by atoms with Crippen molar-refractivity contribution in [1.82, 2.24) is 9.97 Å². The molecule has 0 radical (unpaired) electrons. The third kappa shape index (κ3) is 2.86. The summed E-state index contributed by atoms with van der Waals surface area (Å²) < 4.78 is 14.2. The smallest absolute Gasteiger partial charge is 0.397 e. The summed E-state index contributed by atoms with van der Waals surface area (Å²) in [7, 11) is -4.77. The molecule has 13 heavy (non-hydrogen) atoms. The van der Waals surface area contributed by atoms with Gasteiger partial charge in [-0.05, 0) is 0 Å². The lowest BCUT2D eigenvalue weighted by molar-refractivity contribution is 0.281. The van der Waals surface area contributed by atoms with E-state index in [1.165, 1.54) is 0 Å². The summed E-state index contributed by atoms with van der Waals surface area (Å²) in [4.78, 5) is 41.5. The van der Waals surface area contributed by atoms with Gasteiger partial charge in [-0.25, -0.2) is 9.36 Å². The number of phosphoric acid groups is 1. The number of phosphoric ester groups is 1. The van der Waals surface area contributed by atoms with Gasteiger partial charge in [-0.15, -0.1) is 0 Å². The molecule has 8 nitrogen and oxygen atoms in total. The lowest BCUT2D eigenvalue weighted by Gasteiger charge is -2.03. The fourth-order valence-corrected chi connectivity index (χ4v) is 0.985. The zero-order chi connectivity index (χ0) is 10.1. The molecule has 0 saturated heterocycles. The lowest BCUT2D eigenvalue weighted by atomic mass is 10.6. The Labute approximate surface area is 70.4 Å². The molecule has 1 rings (SSSR count). The van der Waals surface area contributed by atoms with E-state index in [0.717, 1.165) is 6.20 Å². The van der Waals surface area contributed by atoms with E-state index in [0.29, 0.717) is 0 Å². The zero-order valence-corrected chi connectivity index (χ0v) is 6.95. The summed E-state index contributed by atoms with van der Waals surface area (Å²) in [5, 5.41) is 0. The molecule has 0 unspecified atom stereocenters. The minimum Gasteiger partial charge on any atom is -0.397 e. The van der Waals surface area contributed by atoms with E-state index in [2.05, 4.69) is 4.52 Å². The van der Waals surface area contributed by atoms with Crippen molar-refractivity contribution in [2.45, 2.75) is 0 Å². The highest BCUT2D eigenvalue weighted by Crippen LogP contribution is 2.35. The van der Waals surface area contributed by atoms with Crippen LogP contribution in [0, 0.1) is 0 Å². The molecule has 1 heterocycles. The van der Waals surface area contributed by atoms with Crippen LogP contribution in [0.5, 0.6) is 5.75 Å². The second-order valence-corrected chi connectivity index (χ2v) is 3.18. The van der Waals surface area contributed by atoms with Crippen LogP contribution in [0.25, 0.3) is 0 Å². The average molecular weight is 208 g/mol. The van der Waals surface area contributed by atoms with E-state index in [9.17, 15) is 14.2 Å². The largest absolute Gasteiger partial charge is 0.525 e. The van der Waals surface area contributed by atoms with Crippen molar-refractivity contribution in [2.24, 2.45) is 0 Å². The molecule has 1 aromatic heterocycles. The Kier molecular flexibility index (Phi) is 2.37. The number of nitrogens with one attached hydrogen (secondary N) is 2. The summed E-state index contributed by atoms with van der Waals surface area (Å²) in [6, 6.07) is 0. The van der Waals surface area contributed by atoms with E-state index in [-0.39, 0.29) is 0 Å². The highest BCUT2D eigenvalue weighted by molar-refractivity contribution is 7.46. The Hall–Kier alpha value is -1.37. The monoisotopic (exact) mass is 208 g/mol. The van der Waals surface area contributed by atoms with Gasteiger partial charge < -0.3 is 9.51 Å². The molecule has 0 saturated carbocycles. The van der Waals surface area contributed by atoms with Crippen molar-refractivity contribution in [1.29, 1.82) is 0 Å². The van der Waals surface area contributed by atoms with Crippen LogP contribution in [0.1, 0.15) is 0 Å². The lowest BCUT2D eigenvalue weighted by Crippen LogP contribution is -2.22. The van der Waals surface area contributed by atoms with Gasteiger partial charge in [-0.2, -0.15) is 0 Å². The SMILES string of the molecule is O=c1[nH]cc(OP(=O)(O)O)c(=O)[nH]1. The number of aromatic amines is 2. The Balaban J connectivity index is 3.12. The standard InChI is InChI=1S/C4H5N2O6P/c7-3-2(12-13(9,10)11)1-5-4(8)6-3/h1H,(H2,9,10,11)(H2,5,6,7,8). The first-order chi connectivity index (χ1) is 5.88. The van der Waals surface area contributed by atoms with Crippen LogP contribution in [0.4, 0.5) is 0 Å². The predicted octanol–water partition coefficient (Wildman–Crippen LogP) is -1.47. The Morgan fingerprint density at radius 1 is 1.38 bits per heavy atom. The zero-order valence-electron chi connectivity index (χ0n) is 6.05. The van der Waals surface area contributed by atoms with Crippen LogP contribution in [0.2, 0.25) is 0 Å². The van der Waals surface area contributed by atoms with Crippen molar-refractivity contribution in [3.8, 4) is 5.75 Å². The number of aromatic nitrogens is 2. The van der Waals surface area contributed by atoms with Gasteiger partial charge in [0.15, 0.2) is 0 Å². The van der Waals surface area contributed by atoms with Crippen molar-refractivity contribution in [3.05, 3.63) is 27.0 Å². The van der Waals surface area contributed by atoms with E-state index < -0.39 is 24.8 Å². The van der Waals surface area contributed by atoms with Gasteiger partial charge in [-0.1, -0.05) is 0 Å². The van der Waals surface area contributed by atoms with Gasteiger partial charge in [0, 0.05) is 0 Å². The normalized spacial score (nSPS) is 11.2. The number of hydrogen-bond acceptors (Lipinski definition) is 4. The topological polar surface area (TPSA) is 132 Å². The highest BCUT2D eigenvalue weighted by Gasteiger charge is 2.17. The van der Waals surface area contributed by atoms with Gasteiger partial charge in [-0.3, -0.25) is 19.6 Å². The van der Waals surface area contributed by atoms with Gasteiger partial charge in [0.05, 0.1) is 6.20 Å². The summed E-state index contributed by atoms with van der Waals surface area (Å²) in [5.74, 6) is -0.645. The summed E-state index contributed by atoms with van der Waals surface area (Å²) in [6.45, 7) is 0. The van der Waals surface area contributed by atoms with Crippen LogP contribution in [0.3, 0.4) is 0 Å². The van der Waals surface area contributed by atoms with Crippen LogP contribution in [-0.2, 0) is 4.57 Å². The number of hydrogen-bond donors (Lipinski definition) is 4. The number of H-pyrrole nitrogens is 2. The third-order valence-corrected chi connectivity index (χ3v) is 1.44. The molecule has 1 aromatic rings. The molecule has 0 bridgehead atoms. The van der Waals surface area contributed by atoms with E-state index in [1.807, 2.05) is 4.98 Å². The maximum atomic E-state index is 10.8. The van der Waals surface area contributed by atoms with E-state index in [4.69, 9.17) is 9.79 Å². The van der Waals surface area contributed by atoms with Crippen molar-refractivity contribution >= 4 is 7.82 Å². The van der Waals surface area contributed by atoms with Gasteiger partial charge in [0.2, 0.25) is 5.75 Å². The molecule has 0 aliphatic carbocycles. The summed E-state index contributed by atoms with van der Waals surface area (Å²) >= 11 is 0. The molecule has 0 fully saturated rings. The highest BCUT2D eigenvalue weighted by atomic mass is 31.2. The molecule has 0 amide bonds. The summed E-state index contributed by atoms with van der Waals surface area (Å²) in [5.41, 5.74) is -1.80. The van der Waals surface area contributed by atoms with Crippen LogP contribution < -0.4 is 15.8 Å². The molecular weight excluding hydrogens is 203 g/mol. The minimum absolute atomic E-state index is 0.645. The maximum absolute atomic E-state index is 10.8. The minimum atomic E-state index is -4.77. The molecule has 0 atom stereocenters. The van der Waals surface area contributed by atoms with Crippen molar-refractivity contribution in [3.63, 3.8) is 0 Å². The first kappa shape index (κ1) is 9.72. The Morgan fingerprint density at radius 2 is 2.00 bits per heavy atom. The quantitative estimate of drug-likeness (QED) is 0.439. The molecule has 4 N–H and O–H groups in total. The molecule has 72 valence electrons. The second-order valence-electron chi connectivity index (χ2n) is 2.02. The fraction of sp³-hybridized carbons (Fsp3) is 0. The molecular formula is C4H5N2O6P. The van der Waals surface area contributed by atoms with Crippen molar-refractivity contribution in [2.75, 3.05) is 0 Å². The fourth-order valence-electron chi connectivity index (χ4n) is 0.593. The molecule has 0 aromatic carbocycles. The van der Waals surface area contributed by atoms with Crippen LogP contribution in [0.15, 0.2) is 15.8 Å². The van der Waals surface area contributed by atoms with E-state index in [1.54, 1.807) is 4.98 Å². The van der Waals surface area contributed by atoms with Gasteiger partial charge >= 0.3 is 13.5 Å². The molecule has 9 heteroatoms. The molecule has 0 aliphatic heterocycles. The Morgan fingerprint density at radius 3 is 2.46 bits per heavy atom. The first-order valence-corrected chi connectivity index (χ1v) is 4.49.